The van der Waals surface area contributed by atoms with Crippen molar-refractivity contribution in [3.8, 4) is 0 Å². The maximum absolute atomic E-state index is 9.65. The lowest BCUT2D eigenvalue weighted by Crippen LogP contribution is -2.43. The summed E-state index contributed by atoms with van der Waals surface area (Å²) in [5, 5.41) is 9.65. The number of nitrogens with zero attached hydrogens (tertiary/aromatic N) is 1. The second-order valence-corrected chi connectivity index (χ2v) is 4.11. The van der Waals surface area contributed by atoms with Crippen molar-refractivity contribution >= 4 is 0 Å². The van der Waals surface area contributed by atoms with Gasteiger partial charge in [0.2, 0.25) is 11.4 Å². The van der Waals surface area contributed by atoms with Gasteiger partial charge in [-0.2, -0.15) is 0 Å². The van der Waals surface area contributed by atoms with E-state index in [4.69, 9.17) is 0 Å². The highest BCUT2D eigenvalue weighted by Crippen LogP contribution is 2.17. The number of hydrogen-bond donors (Lipinski definition) is 1. The van der Waals surface area contributed by atoms with E-state index < -0.39 is 0 Å². The van der Waals surface area contributed by atoms with Crippen LogP contribution < -0.4 is 4.73 Å². The van der Waals surface area contributed by atoms with Crippen molar-refractivity contribution in [3.63, 3.8) is 0 Å². The lowest BCUT2D eigenvalue weighted by Gasteiger charge is -2.13. The number of hydrogen-bond acceptors (Lipinski definition) is 1. The molecule has 2 nitrogen and oxygen atoms in total. The summed E-state index contributed by atoms with van der Waals surface area (Å²) in [5.74, 6) is 0. The molecule has 0 spiro atoms. The molecule has 0 aliphatic carbocycles. The van der Waals surface area contributed by atoms with Gasteiger partial charge in [0.1, 0.15) is 0 Å². The van der Waals surface area contributed by atoms with Crippen molar-refractivity contribution in [2.24, 2.45) is 0 Å². The fraction of sp³-hybridized carbons (Fsp3) is 0.500. The van der Waals surface area contributed by atoms with Gasteiger partial charge >= 0.3 is 0 Å². The summed E-state index contributed by atoms with van der Waals surface area (Å²) in [6.45, 7) is 8.12. The van der Waals surface area contributed by atoms with E-state index in [1.54, 1.807) is 0 Å². The first-order valence-electron chi connectivity index (χ1n) is 4.14. The molecule has 1 aromatic rings. The largest absolute Gasteiger partial charge is 0.285 e. The predicted octanol–water partition coefficient (Wildman–Crippen LogP) is 1.82. The Morgan fingerprint density at radius 1 is 1.25 bits per heavy atom. The molecular formula is C10H16NO+. The van der Waals surface area contributed by atoms with Gasteiger partial charge in [0.15, 0.2) is 0 Å². The van der Waals surface area contributed by atoms with Crippen LogP contribution in [0.25, 0.3) is 0 Å². The zero-order valence-corrected chi connectivity index (χ0v) is 8.13. The summed E-state index contributed by atoms with van der Waals surface area (Å²) < 4.78 is 1.25. The maximum atomic E-state index is 9.65. The molecule has 0 aliphatic rings. The Labute approximate surface area is 73.4 Å². The topological polar surface area (TPSA) is 24.1 Å². The number of aryl methyl sites for hydroxylation is 1. The molecule has 1 N–H and O–H groups in total. The van der Waals surface area contributed by atoms with Crippen molar-refractivity contribution in [2.45, 2.75) is 33.1 Å². The molecule has 12 heavy (non-hydrogen) atoms. The lowest BCUT2D eigenvalue weighted by molar-refractivity contribution is -0.915. The fourth-order valence-electron chi connectivity index (χ4n) is 1.18. The van der Waals surface area contributed by atoms with Crippen LogP contribution in [0, 0.1) is 6.92 Å². The van der Waals surface area contributed by atoms with Crippen LogP contribution in [0.4, 0.5) is 0 Å². The van der Waals surface area contributed by atoms with Gasteiger partial charge in [-0.15, -0.1) is 0 Å². The van der Waals surface area contributed by atoms with E-state index in [1.807, 2.05) is 25.1 Å². The van der Waals surface area contributed by atoms with Crippen LogP contribution in [-0.4, -0.2) is 5.21 Å². The first-order chi connectivity index (χ1) is 5.43. The molecule has 0 saturated heterocycles. The predicted molar refractivity (Wildman–Crippen MR) is 47.3 cm³/mol. The monoisotopic (exact) mass is 166 g/mol. The van der Waals surface area contributed by atoms with E-state index >= 15 is 0 Å². The van der Waals surface area contributed by atoms with Crippen molar-refractivity contribution in [3.05, 3.63) is 29.6 Å². The summed E-state index contributed by atoms with van der Waals surface area (Å²) >= 11 is 0. The second-order valence-electron chi connectivity index (χ2n) is 4.11. The van der Waals surface area contributed by atoms with E-state index in [1.165, 1.54) is 4.73 Å². The third-order valence-corrected chi connectivity index (χ3v) is 1.92. The summed E-state index contributed by atoms with van der Waals surface area (Å²) in [6.07, 6.45) is 0. The molecule has 0 radical (unpaired) electrons. The number of pyridine rings is 1. The van der Waals surface area contributed by atoms with Crippen LogP contribution in [0.1, 0.15) is 32.2 Å². The molecule has 1 aromatic heterocycles. The average Bonchev–Trinajstić information content (AvgIpc) is 1.92. The molecule has 0 atom stereocenters. The standard InChI is InChI=1S/C10H16NO/c1-8-6-5-7-9(11(8)12)10(2,3)4/h5-7,12H,1-4H3/q+1. The Morgan fingerprint density at radius 2 is 1.83 bits per heavy atom. The van der Waals surface area contributed by atoms with Gasteiger partial charge in [0, 0.05) is 23.8 Å². The Balaban J connectivity index is 3.26. The molecule has 0 saturated carbocycles. The van der Waals surface area contributed by atoms with Crippen LogP contribution in [0.5, 0.6) is 0 Å². The Morgan fingerprint density at radius 3 is 2.25 bits per heavy atom. The maximum Gasteiger partial charge on any atom is 0.239 e. The third kappa shape index (κ3) is 1.58. The minimum atomic E-state index is -0.0131. The molecule has 2 heteroatoms. The van der Waals surface area contributed by atoms with Gasteiger partial charge in [-0.3, -0.25) is 5.21 Å². The molecule has 66 valence electrons. The quantitative estimate of drug-likeness (QED) is 0.461. The molecule has 0 bridgehead atoms. The van der Waals surface area contributed by atoms with E-state index in [2.05, 4.69) is 20.8 Å². The number of aromatic nitrogens is 1. The van der Waals surface area contributed by atoms with E-state index in [-0.39, 0.29) is 5.41 Å². The van der Waals surface area contributed by atoms with Gasteiger partial charge in [-0.25, -0.2) is 0 Å². The molecule has 0 unspecified atom stereocenters. The smallest absolute Gasteiger partial charge is 0.239 e. The summed E-state index contributed by atoms with van der Waals surface area (Å²) in [6, 6.07) is 5.78. The SMILES string of the molecule is Cc1cccc(C(C)(C)C)[n+]1O. The number of rotatable bonds is 0. The van der Waals surface area contributed by atoms with Gasteiger partial charge < -0.3 is 0 Å². The fourth-order valence-corrected chi connectivity index (χ4v) is 1.18. The van der Waals surface area contributed by atoms with Crippen LogP contribution in [0.3, 0.4) is 0 Å². The van der Waals surface area contributed by atoms with E-state index in [9.17, 15) is 5.21 Å². The molecule has 0 amide bonds. The Hall–Kier alpha value is -1.05. The lowest BCUT2D eigenvalue weighted by atomic mass is 9.91. The highest BCUT2D eigenvalue weighted by atomic mass is 16.5. The van der Waals surface area contributed by atoms with Crippen molar-refractivity contribution in [1.82, 2.24) is 0 Å². The van der Waals surface area contributed by atoms with Crippen LogP contribution in [0.15, 0.2) is 18.2 Å². The third-order valence-electron chi connectivity index (χ3n) is 1.92. The van der Waals surface area contributed by atoms with Crippen molar-refractivity contribution in [2.75, 3.05) is 0 Å². The van der Waals surface area contributed by atoms with E-state index in [0.29, 0.717) is 0 Å². The average molecular weight is 166 g/mol. The van der Waals surface area contributed by atoms with Gasteiger partial charge in [-0.05, 0) is 6.07 Å². The van der Waals surface area contributed by atoms with Gasteiger partial charge in [0.05, 0.1) is 5.41 Å². The van der Waals surface area contributed by atoms with Crippen molar-refractivity contribution < 1.29 is 9.94 Å². The molecule has 0 aliphatic heterocycles. The molecule has 0 fully saturated rings. The normalized spacial score (nSPS) is 11.7. The summed E-state index contributed by atoms with van der Waals surface area (Å²) in [7, 11) is 0. The first kappa shape index (κ1) is 9.04. The van der Waals surface area contributed by atoms with E-state index in [0.717, 1.165) is 11.4 Å². The highest BCUT2D eigenvalue weighted by Gasteiger charge is 2.26. The minimum Gasteiger partial charge on any atom is -0.285 e. The first-order valence-corrected chi connectivity index (χ1v) is 4.14. The Bertz CT molecular complexity index is 286. The zero-order chi connectivity index (χ0) is 9.35. The summed E-state index contributed by atoms with van der Waals surface area (Å²) in [5.41, 5.74) is 1.78. The zero-order valence-electron chi connectivity index (χ0n) is 8.13. The summed E-state index contributed by atoms with van der Waals surface area (Å²) in [4.78, 5) is 0. The van der Waals surface area contributed by atoms with Gasteiger partial charge in [-0.1, -0.05) is 20.8 Å². The molecule has 1 rings (SSSR count). The van der Waals surface area contributed by atoms with Gasteiger partial charge in [0.25, 0.3) is 0 Å². The minimum absolute atomic E-state index is 0.0131. The highest BCUT2D eigenvalue weighted by molar-refractivity contribution is 5.09. The molecule has 0 aromatic carbocycles. The molecular weight excluding hydrogens is 150 g/mol. The van der Waals surface area contributed by atoms with Crippen LogP contribution in [-0.2, 0) is 5.41 Å². The Kier molecular flexibility index (Phi) is 2.09. The second kappa shape index (κ2) is 2.77. The molecule has 1 heterocycles. The van der Waals surface area contributed by atoms with Crippen LogP contribution in [0.2, 0.25) is 0 Å². The van der Waals surface area contributed by atoms with Crippen molar-refractivity contribution in [1.29, 1.82) is 0 Å². The van der Waals surface area contributed by atoms with Crippen LogP contribution >= 0.6 is 0 Å².